The fraction of sp³-hybridized carbons (Fsp3) is 0. The van der Waals surface area contributed by atoms with E-state index in [0.29, 0.717) is 171 Å². The molecule has 426 valence electrons. The van der Waals surface area contributed by atoms with Crippen LogP contribution in [0.2, 0.25) is 0 Å². The SMILES string of the molecule is N#Cc1ccc2c(c1)c1cc(C#N)ccc1n2-c1c(C#N)c(-n2c3ccc(C#N)cc3c3cc(C#N)ccc32)c(-n2c3ccc(C#N)cc3c3cc(C#N)ccc32)c(-n2c3ccc(C#N)cc3c3cc(C#N)ccc32)c1-c1cc(-c2ccccc2)nc(-c2ccccc2)n1. The first-order valence-electron chi connectivity index (χ1n) is 29.4. The van der Waals surface area contributed by atoms with Gasteiger partial charge in [-0.25, -0.2) is 9.97 Å². The first kappa shape index (κ1) is 54.5. The number of nitriles is 9. The van der Waals surface area contributed by atoms with Crippen LogP contribution in [0.5, 0.6) is 0 Å². The minimum atomic E-state index is 0.0616. The van der Waals surface area contributed by atoms with Crippen molar-refractivity contribution in [2.45, 2.75) is 0 Å². The van der Waals surface area contributed by atoms with E-state index in [-0.39, 0.29) is 16.9 Å². The van der Waals surface area contributed by atoms with E-state index < -0.39 is 0 Å². The van der Waals surface area contributed by atoms with E-state index in [1.807, 2.05) is 129 Å². The highest BCUT2D eigenvalue weighted by Gasteiger charge is 2.36. The van der Waals surface area contributed by atoms with Crippen molar-refractivity contribution < 1.29 is 0 Å². The van der Waals surface area contributed by atoms with Gasteiger partial charge in [0, 0.05) is 54.2 Å². The lowest BCUT2D eigenvalue weighted by atomic mass is 9.94. The van der Waals surface area contributed by atoms with Gasteiger partial charge < -0.3 is 18.3 Å². The van der Waals surface area contributed by atoms with E-state index >= 15 is 0 Å². The van der Waals surface area contributed by atoms with Crippen molar-refractivity contribution in [2.24, 2.45) is 0 Å². The van der Waals surface area contributed by atoms with Gasteiger partial charge in [-0.05, 0) is 152 Å². The first-order chi connectivity index (χ1) is 46.2. The highest BCUT2D eigenvalue weighted by atomic mass is 15.1. The molecule has 15 nitrogen and oxygen atoms in total. The van der Waals surface area contributed by atoms with Gasteiger partial charge in [0.2, 0.25) is 0 Å². The predicted molar refractivity (Wildman–Crippen MR) is 358 cm³/mol. The van der Waals surface area contributed by atoms with Crippen molar-refractivity contribution in [1.29, 1.82) is 47.4 Å². The lowest BCUT2D eigenvalue weighted by molar-refractivity contribution is 1.03. The monoisotopic (exact) mass is 1190 g/mol. The van der Waals surface area contributed by atoms with E-state index in [4.69, 9.17) is 9.97 Å². The first-order valence-corrected chi connectivity index (χ1v) is 29.4. The topological polar surface area (TPSA) is 260 Å². The number of benzene rings is 11. The molecular weight excluding hydrogens is 1160 g/mol. The normalized spacial score (nSPS) is 11.1. The van der Waals surface area contributed by atoms with Gasteiger partial charge in [-0.1, -0.05) is 60.7 Å². The van der Waals surface area contributed by atoms with Gasteiger partial charge in [0.15, 0.2) is 5.82 Å². The molecule has 0 radical (unpaired) electrons. The zero-order valence-electron chi connectivity index (χ0n) is 48.9. The predicted octanol–water partition coefficient (Wildman–Crippen LogP) is 16.7. The highest BCUT2D eigenvalue weighted by Crippen LogP contribution is 2.52. The van der Waals surface area contributed by atoms with Crippen LogP contribution in [-0.2, 0) is 0 Å². The van der Waals surface area contributed by atoms with Crippen LogP contribution in [0.25, 0.3) is 144 Å². The van der Waals surface area contributed by atoms with Crippen LogP contribution in [0.4, 0.5) is 0 Å². The Balaban J connectivity index is 1.29. The Morgan fingerprint density at radius 2 is 0.500 bits per heavy atom. The molecule has 0 spiro atoms. The summed E-state index contributed by atoms with van der Waals surface area (Å²) in [5, 5.41) is 103. The Morgan fingerprint density at radius 1 is 0.234 bits per heavy atom. The van der Waals surface area contributed by atoms with Crippen molar-refractivity contribution in [3.05, 3.63) is 262 Å². The third-order valence-corrected chi connectivity index (χ3v) is 17.6. The second-order valence-electron chi connectivity index (χ2n) is 22.5. The van der Waals surface area contributed by atoms with Gasteiger partial charge in [0.05, 0.1) is 177 Å². The molecule has 16 rings (SSSR count). The average molecular weight is 1190 g/mol. The lowest BCUT2D eigenvalue weighted by Gasteiger charge is -2.29. The maximum Gasteiger partial charge on any atom is 0.160 e. The maximum atomic E-state index is 13.2. The summed E-state index contributed by atoms with van der Waals surface area (Å²) in [7, 11) is 0. The summed E-state index contributed by atoms with van der Waals surface area (Å²) in [6.45, 7) is 0. The fourth-order valence-corrected chi connectivity index (χ4v) is 13.6. The second kappa shape index (κ2) is 21.2. The van der Waals surface area contributed by atoms with Crippen LogP contribution in [0, 0.1) is 102 Å². The number of rotatable bonds is 7. The molecule has 0 saturated carbocycles. The molecule has 11 aromatic carbocycles. The Hall–Kier alpha value is -14.9. The van der Waals surface area contributed by atoms with Crippen LogP contribution in [0.15, 0.2) is 212 Å². The van der Waals surface area contributed by atoms with Crippen molar-refractivity contribution in [3.63, 3.8) is 0 Å². The van der Waals surface area contributed by atoms with Crippen molar-refractivity contribution >= 4 is 87.2 Å². The Kier molecular flexibility index (Phi) is 12.3. The van der Waals surface area contributed by atoms with Gasteiger partial charge in [-0.2, -0.15) is 47.4 Å². The summed E-state index contributed by atoms with van der Waals surface area (Å²) >= 11 is 0. The molecule has 0 unspecified atom stereocenters. The molecule has 0 saturated heterocycles. The standard InChI is InChI=1S/C79H35N15/c80-36-45-11-19-66-55(27-45)56-28-46(37-81)12-20-67(56)91(66)75-63(44-88)76(92-68-21-13-47(38-82)29-57(68)58-30-48(39-83)14-22-69(58)92)78(94-72-25-17-51(42-86)33-61(72)62-34-52(43-87)18-26-73(62)94)77(93-70-23-15-49(40-84)31-59(70)60-32-50(41-85)16-24-71(60)93)74(75)65-35-64(53-7-3-1-4-8-53)89-79(90-65)54-9-5-2-6-10-54/h1-35H. The number of hydrogen-bond acceptors (Lipinski definition) is 11. The van der Waals surface area contributed by atoms with Crippen molar-refractivity contribution in [1.82, 2.24) is 28.2 Å². The molecule has 0 aliphatic heterocycles. The molecule has 16 aromatic rings. The number of aromatic nitrogens is 6. The third-order valence-electron chi connectivity index (χ3n) is 17.6. The fourth-order valence-electron chi connectivity index (χ4n) is 13.6. The van der Waals surface area contributed by atoms with Gasteiger partial charge in [-0.3, -0.25) is 0 Å². The summed E-state index contributed by atoms with van der Waals surface area (Å²) in [6.07, 6.45) is 0. The number of nitrogens with zero attached hydrogens (tertiary/aromatic N) is 15. The lowest BCUT2D eigenvalue weighted by Crippen LogP contribution is -2.17. The van der Waals surface area contributed by atoms with E-state index in [9.17, 15) is 47.4 Å². The molecule has 0 bridgehead atoms. The minimum absolute atomic E-state index is 0.0616. The summed E-state index contributed by atoms with van der Waals surface area (Å²) < 4.78 is 8.09. The molecule has 0 N–H and O–H groups in total. The van der Waals surface area contributed by atoms with Crippen molar-refractivity contribution in [2.75, 3.05) is 0 Å². The summed E-state index contributed by atoms with van der Waals surface area (Å²) in [5.41, 5.74) is 11.0. The third kappa shape index (κ3) is 8.08. The largest absolute Gasteiger partial charge is 0.307 e. The smallest absolute Gasteiger partial charge is 0.160 e. The molecule has 0 aliphatic rings. The summed E-state index contributed by atoms with van der Waals surface area (Å²) in [6, 6.07) is 85.2. The zero-order valence-corrected chi connectivity index (χ0v) is 48.9. The van der Waals surface area contributed by atoms with E-state index in [2.05, 4.69) is 59.2 Å². The number of fused-ring (bicyclic) bond motifs is 12. The van der Waals surface area contributed by atoms with Crippen molar-refractivity contribution in [3.8, 4) is 111 Å². The van der Waals surface area contributed by atoms with Gasteiger partial charge in [0.25, 0.3) is 0 Å². The average Bonchev–Trinajstić information content (AvgIpc) is 1.42. The van der Waals surface area contributed by atoms with Gasteiger partial charge in [-0.15, -0.1) is 0 Å². The Morgan fingerprint density at radius 3 is 0.798 bits per heavy atom. The van der Waals surface area contributed by atoms with E-state index in [1.165, 1.54) is 0 Å². The van der Waals surface area contributed by atoms with Crippen LogP contribution >= 0.6 is 0 Å². The van der Waals surface area contributed by atoms with Crippen LogP contribution in [0.3, 0.4) is 0 Å². The van der Waals surface area contributed by atoms with Gasteiger partial charge >= 0.3 is 0 Å². The minimum Gasteiger partial charge on any atom is -0.307 e. The maximum absolute atomic E-state index is 13.2. The molecule has 0 amide bonds. The molecule has 5 aromatic heterocycles. The highest BCUT2D eigenvalue weighted by molar-refractivity contribution is 6.18. The van der Waals surface area contributed by atoms with E-state index in [1.54, 1.807) is 97.1 Å². The molecule has 0 fully saturated rings. The zero-order chi connectivity index (χ0) is 64.0. The molecule has 0 atom stereocenters. The van der Waals surface area contributed by atoms with Crippen LogP contribution in [0.1, 0.15) is 50.1 Å². The Labute approximate surface area is 533 Å². The molecule has 0 aliphatic carbocycles. The molecule has 5 heterocycles. The molecule has 94 heavy (non-hydrogen) atoms. The van der Waals surface area contributed by atoms with Crippen LogP contribution < -0.4 is 0 Å². The quantitative estimate of drug-likeness (QED) is 0.145. The molecular formula is C79H35N15. The molecule has 15 heteroatoms. The summed E-state index contributed by atoms with van der Waals surface area (Å²) in [4.78, 5) is 11.0. The summed E-state index contributed by atoms with van der Waals surface area (Å²) in [5.74, 6) is 0.325. The van der Waals surface area contributed by atoms with Crippen LogP contribution in [-0.4, -0.2) is 28.2 Å². The van der Waals surface area contributed by atoms with Gasteiger partial charge in [0.1, 0.15) is 11.6 Å². The Bertz CT molecular complexity index is 6190. The number of hydrogen-bond donors (Lipinski definition) is 0. The van der Waals surface area contributed by atoms with E-state index in [0.717, 1.165) is 5.56 Å². The second-order valence-corrected chi connectivity index (χ2v) is 22.5.